The van der Waals surface area contributed by atoms with Crippen LogP contribution in [0.2, 0.25) is 5.02 Å². The molecule has 2 heterocycles. The van der Waals surface area contributed by atoms with E-state index < -0.39 is 0 Å². The maximum Gasteiger partial charge on any atom is 0.271 e. The first kappa shape index (κ1) is 25.1. The molecule has 5 aromatic rings. The normalized spacial score (nSPS) is 11.0. The number of rotatable bonds is 8. The van der Waals surface area contributed by atoms with E-state index in [1.54, 1.807) is 17.5 Å². The fourth-order valence-corrected chi connectivity index (χ4v) is 5.65. The Labute approximate surface area is 226 Å². The Morgan fingerprint density at radius 1 is 1.05 bits per heavy atom. The van der Waals surface area contributed by atoms with E-state index in [-0.39, 0.29) is 11.7 Å². The van der Waals surface area contributed by atoms with Crippen molar-refractivity contribution < 1.29 is 9.18 Å². The molecule has 0 aliphatic rings. The Bertz CT molecular complexity index is 1550. The summed E-state index contributed by atoms with van der Waals surface area (Å²) in [4.78, 5) is 17.1. The zero-order valence-electron chi connectivity index (χ0n) is 19.7. The molecule has 3 aromatic carbocycles. The molecule has 0 atom stereocenters. The summed E-state index contributed by atoms with van der Waals surface area (Å²) in [6, 6.07) is 21.6. The van der Waals surface area contributed by atoms with E-state index in [0.29, 0.717) is 34.0 Å². The first-order valence-corrected chi connectivity index (χ1v) is 13.6. The van der Waals surface area contributed by atoms with E-state index in [2.05, 4.69) is 20.5 Å². The molecule has 0 bridgehead atoms. The number of carbonyl (C=O) groups is 1. The van der Waals surface area contributed by atoms with Crippen LogP contribution in [0.4, 0.5) is 4.39 Å². The maximum atomic E-state index is 13.1. The number of benzene rings is 3. The molecule has 0 aliphatic heterocycles. The topological polar surface area (TPSA) is 72.7 Å². The zero-order valence-corrected chi connectivity index (χ0v) is 22.1. The zero-order chi connectivity index (χ0) is 25.8. The van der Waals surface area contributed by atoms with Crippen LogP contribution >= 0.6 is 34.7 Å². The largest absolute Gasteiger partial charge is 0.347 e. The highest BCUT2D eigenvalue weighted by molar-refractivity contribution is 7.98. The van der Waals surface area contributed by atoms with Crippen LogP contribution in [-0.4, -0.2) is 25.7 Å². The van der Waals surface area contributed by atoms with Crippen LogP contribution in [0, 0.1) is 12.7 Å². The number of thioether (sulfide) groups is 1. The molecule has 6 nitrogen and oxygen atoms in total. The van der Waals surface area contributed by atoms with Crippen molar-refractivity contribution in [3.05, 3.63) is 111 Å². The minimum atomic E-state index is -0.311. The molecule has 0 aliphatic carbocycles. The van der Waals surface area contributed by atoms with Gasteiger partial charge in [0, 0.05) is 17.5 Å². The molecule has 0 fully saturated rings. The molecule has 186 valence electrons. The van der Waals surface area contributed by atoms with Crippen LogP contribution in [0.3, 0.4) is 0 Å². The van der Waals surface area contributed by atoms with E-state index in [0.717, 1.165) is 27.4 Å². The maximum absolute atomic E-state index is 13.1. The van der Waals surface area contributed by atoms with E-state index in [9.17, 15) is 9.18 Å². The molecule has 0 saturated heterocycles. The molecular formula is C27H21ClFN5OS2. The average Bonchev–Trinajstić information content (AvgIpc) is 3.55. The lowest BCUT2D eigenvalue weighted by atomic mass is 10.1. The molecule has 37 heavy (non-hydrogen) atoms. The van der Waals surface area contributed by atoms with Crippen molar-refractivity contribution in [1.29, 1.82) is 0 Å². The lowest BCUT2D eigenvalue weighted by Gasteiger charge is -2.13. The number of thiazole rings is 1. The number of halogens is 2. The highest BCUT2D eigenvalue weighted by Gasteiger charge is 2.20. The van der Waals surface area contributed by atoms with Gasteiger partial charge in [0.1, 0.15) is 16.5 Å². The van der Waals surface area contributed by atoms with Crippen molar-refractivity contribution in [2.75, 3.05) is 0 Å². The molecule has 1 amide bonds. The summed E-state index contributed by atoms with van der Waals surface area (Å²) in [6.45, 7) is 2.34. The van der Waals surface area contributed by atoms with E-state index in [1.165, 1.54) is 35.2 Å². The van der Waals surface area contributed by atoms with Crippen LogP contribution in [0.15, 0.2) is 83.3 Å². The summed E-state index contributed by atoms with van der Waals surface area (Å²) in [7, 11) is 0. The number of aromatic nitrogens is 4. The third-order valence-corrected chi connectivity index (χ3v) is 7.88. The molecule has 10 heteroatoms. The second-order valence-corrected chi connectivity index (χ2v) is 10.4. The Balaban J connectivity index is 1.34. The number of amides is 1. The van der Waals surface area contributed by atoms with Crippen molar-refractivity contribution >= 4 is 40.6 Å². The Hall–Kier alpha value is -3.53. The van der Waals surface area contributed by atoms with Gasteiger partial charge in [-0.15, -0.1) is 21.5 Å². The number of para-hydroxylation sites is 1. The van der Waals surface area contributed by atoms with Crippen molar-refractivity contribution in [2.24, 2.45) is 0 Å². The van der Waals surface area contributed by atoms with Gasteiger partial charge in [0.25, 0.3) is 5.91 Å². The molecule has 0 unspecified atom stereocenters. The van der Waals surface area contributed by atoms with Gasteiger partial charge in [0.15, 0.2) is 11.0 Å². The Kier molecular flexibility index (Phi) is 7.64. The third kappa shape index (κ3) is 5.74. The molecular weight excluding hydrogens is 529 g/mol. The summed E-state index contributed by atoms with van der Waals surface area (Å²) in [6.07, 6.45) is 0. The number of nitrogens with one attached hydrogen (secondary N) is 1. The predicted molar refractivity (Wildman–Crippen MR) is 146 cm³/mol. The second-order valence-electron chi connectivity index (χ2n) is 8.13. The van der Waals surface area contributed by atoms with Crippen LogP contribution in [0.5, 0.6) is 0 Å². The molecule has 2 aromatic heterocycles. The molecule has 1 N–H and O–H groups in total. The molecule has 0 spiro atoms. The summed E-state index contributed by atoms with van der Waals surface area (Å²) >= 11 is 9.39. The lowest BCUT2D eigenvalue weighted by molar-refractivity contribution is 0.0946. The highest BCUT2D eigenvalue weighted by atomic mass is 35.5. The van der Waals surface area contributed by atoms with Gasteiger partial charge in [-0.2, -0.15) is 0 Å². The first-order valence-electron chi connectivity index (χ1n) is 11.4. The summed E-state index contributed by atoms with van der Waals surface area (Å²) in [5.41, 5.74) is 3.99. The van der Waals surface area contributed by atoms with Crippen LogP contribution in [0.1, 0.15) is 26.6 Å². The van der Waals surface area contributed by atoms with Crippen LogP contribution in [0.25, 0.3) is 17.1 Å². The molecule has 0 radical (unpaired) electrons. The van der Waals surface area contributed by atoms with Gasteiger partial charge in [0.2, 0.25) is 0 Å². The van der Waals surface area contributed by atoms with Crippen LogP contribution in [-0.2, 0) is 12.3 Å². The van der Waals surface area contributed by atoms with Crippen molar-refractivity contribution in [3.8, 4) is 17.1 Å². The van der Waals surface area contributed by atoms with E-state index in [1.807, 2.05) is 60.0 Å². The number of aryl methyl sites for hydroxylation is 1. The van der Waals surface area contributed by atoms with Crippen LogP contribution < -0.4 is 5.32 Å². The molecule has 0 saturated carbocycles. The number of hydrogen-bond donors (Lipinski definition) is 1. The summed E-state index contributed by atoms with van der Waals surface area (Å²) < 4.78 is 15.1. The van der Waals surface area contributed by atoms with Gasteiger partial charge in [0.05, 0.1) is 16.5 Å². The fraction of sp³-hybridized carbons (Fsp3) is 0.111. The quantitative estimate of drug-likeness (QED) is 0.218. The van der Waals surface area contributed by atoms with Crippen molar-refractivity contribution in [3.63, 3.8) is 0 Å². The molecule has 5 rings (SSSR count). The summed E-state index contributed by atoms with van der Waals surface area (Å²) in [5, 5.41) is 15.6. The van der Waals surface area contributed by atoms with Gasteiger partial charge in [-0.3, -0.25) is 9.36 Å². The smallest absolute Gasteiger partial charge is 0.271 e. The van der Waals surface area contributed by atoms with Gasteiger partial charge >= 0.3 is 0 Å². The minimum Gasteiger partial charge on any atom is -0.347 e. The number of carbonyl (C=O) groups excluding carboxylic acids is 1. The van der Waals surface area contributed by atoms with Crippen molar-refractivity contribution in [2.45, 2.75) is 24.4 Å². The standard InChI is InChI=1S/C27H21ClFN5OS2/c1-17-6-2-5-9-23(17)34-25(20-7-3-4-8-21(20)28)32-33-27(34)37-16-24-31-22(15-36-24)26(35)30-14-18-10-12-19(29)13-11-18/h2-13,15H,14,16H2,1H3,(H,30,35). The van der Waals surface area contributed by atoms with Gasteiger partial charge < -0.3 is 5.32 Å². The van der Waals surface area contributed by atoms with Gasteiger partial charge in [-0.1, -0.05) is 65.8 Å². The minimum absolute atomic E-state index is 0.277. The second kappa shape index (κ2) is 11.2. The monoisotopic (exact) mass is 549 g/mol. The lowest BCUT2D eigenvalue weighted by Crippen LogP contribution is -2.23. The van der Waals surface area contributed by atoms with E-state index in [4.69, 9.17) is 11.6 Å². The van der Waals surface area contributed by atoms with Gasteiger partial charge in [-0.25, -0.2) is 9.37 Å². The average molecular weight is 550 g/mol. The van der Waals surface area contributed by atoms with E-state index >= 15 is 0 Å². The third-order valence-electron chi connectivity index (χ3n) is 5.58. The Morgan fingerprint density at radius 2 is 1.81 bits per heavy atom. The first-order chi connectivity index (χ1) is 18.0. The Morgan fingerprint density at radius 3 is 2.59 bits per heavy atom. The number of hydrogen-bond acceptors (Lipinski definition) is 6. The van der Waals surface area contributed by atoms with Crippen molar-refractivity contribution in [1.82, 2.24) is 25.1 Å². The fourth-order valence-electron chi connectivity index (χ4n) is 3.69. The predicted octanol–water partition coefficient (Wildman–Crippen LogP) is 6.71. The SMILES string of the molecule is Cc1ccccc1-n1c(SCc2nc(C(=O)NCc3ccc(F)cc3)cs2)nnc1-c1ccccc1Cl. The van der Waals surface area contributed by atoms with Gasteiger partial charge in [-0.05, 0) is 48.4 Å². The highest BCUT2D eigenvalue weighted by Crippen LogP contribution is 2.34. The summed E-state index contributed by atoms with van der Waals surface area (Å²) in [5.74, 6) is 0.583. The number of nitrogens with zero attached hydrogens (tertiary/aromatic N) is 4.